The third-order valence-electron chi connectivity index (χ3n) is 1.40. The van der Waals surface area contributed by atoms with Gasteiger partial charge in [-0.15, -0.1) is 0 Å². The SMILES string of the molecule is CS(=O)(=O)n1cc(CNC(=O)O)cn1. The molecule has 14 heavy (non-hydrogen) atoms. The Hall–Kier alpha value is -1.57. The average Bonchev–Trinajstić information content (AvgIpc) is 2.47. The molecule has 0 saturated carbocycles. The lowest BCUT2D eigenvalue weighted by atomic mass is 10.4. The molecular formula is C6H9N3O4S. The van der Waals surface area contributed by atoms with Gasteiger partial charge in [0.05, 0.1) is 12.5 Å². The minimum absolute atomic E-state index is 0.0326. The summed E-state index contributed by atoms with van der Waals surface area (Å²) in [5.74, 6) is 0. The molecule has 0 aliphatic carbocycles. The summed E-state index contributed by atoms with van der Waals surface area (Å²) in [7, 11) is -3.39. The van der Waals surface area contributed by atoms with Crippen LogP contribution in [0.5, 0.6) is 0 Å². The Morgan fingerprint density at radius 1 is 1.71 bits per heavy atom. The summed E-state index contributed by atoms with van der Waals surface area (Å²) >= 11 is 0. The van der Waals surface area contributed by atoms with Gasteiger partial charge in [-0.05, 0) is 0 Å². The van der Waals surface area contributed by atoms with Gasteiger partial charge in [0.15, 0.2) is 0 Å². The molecule has 0 atom stereocenters. The van der Waals surface area contributed by atoms with Crippen LogP contribution in [0.3, 0.4) is 0 Å². The molecule has 8 heteroatoms. The second-order valence-electron chi connectivity index (χ2n) is 2.64. The van der Waals surface area contributed by atoms with Crippen LogP contribution in [0.15, 0.2) is 12.4 Å². The van der Waals surface area contributed by atoms with Crippen LogP contribution < -0.4 is 5.32 Å². The van der Waals surface area contributed by atoms with Crippen LogP contribution >= 0.6 is 0 Å². The molecule has 0 aliphatic rings. The summed E-state index contributed by atoms with van der Waals surface area (Å²) in [6, 6.07) is 0. The van der Waals surface area contributed by atoms with Crippen molar-refractivity contribution < 1.29 is 18.3 Å². The Kier molecular flexibility index (Phi) is 2.75. The van der Waals surface area contributed by atoms with Crippen molar-refractivity contribution in [1.29, 1.82) is 0 Å². The van der Waals surface area contributed by atoms with E-state index in [4.69, 9.17) is 5.11 Å². The van der Waals surface area contributed by atoms with Gasteiger partial charge in [-0.1, -0.05) is 0 Å². The normalized spacial score (nSPS) is 11.2. The Balaban J connectivity index is 2.74. The van der Waals surface area contributed by atoms with Crippen molar-refractivity contribution in [1.82, 2.24) is 14.5 Å². The molecule has 1 aromatic rings. The molecule has 2 N–H and O–H groups in total. The largest absolute Gasteiger partial charge is 0.465 e. The molecular weight excluding hydrogens is 210 g/mol. The summed E-state index contributed by atoms with van der Waals surface area (Å²) in [5, 5.41) is 13.9. The molecule has 1 heterocycles. The smallest absolute Gasteiger partial charge is 0.404 e. The minimum Gasteiger partial charge on any atom is -0.465 e. The van der Waals surface area contributed by atoms with Crippen molar-refractivity contribution in [3.8, 4) is 0 Å². The molecule has 0 radical (unpaired) electrons. The first-order valence-electron chi connectivity index (χ1n) is 3.60. The van der Waals surface area contributed by atoms with Crippen LogP contribution in [-0.4, -0.2) is 35.1 Å². The van der Waals surface area contributed by atoms with Gasteiger partial charge in [0.1, 0.15) is 0 Å². The third-order valence-corrected chi connectivity index (χ3v) is 2.28. The highest BCUT2D eigenvalue weighted by atomic mass is 32.2. The van der Waals surface area contributed by atoms with Gasteiger partial charge < -0.3 is 10.4 Å². The quantitative estimate of drug-likeness (QED) is 0.710. The first-order valence-corrected chi connectivity index (χ1v) is 5.45. The van der Waals surface area contributed by atoms with Crippen LogP contribution in [0.2, 0.25) is 0 Å². The molecule has 7 nitrogen and oxygen atoms in total. The molecule has 0 spiro atoms. The second kappa shape index (κ2) is 3.66. The number of nitrogens with zero attached hydrogens (tertiary/aromatic N) is 2. The van der Waals surface area contributed by atoms with E-state index in [0.717, 1.165) is 10.3 Å². The number of rotatable bonds is 3. The molecule has 0 unspecified atom stereocenters. The second-order valence-corrected chi connectivity index (χ2v) is 4.48. The van der Waals surface area contributed by atoms with E-state index < -0.39 is 16.1 Å². The zero-order chi connectivity index (χ0) is 10.8. The summed E-state index contributed by atoms with van der Waals surface area (Å²) < 4.78 is 22.7. The predicted octanol–water partition coefficient (Wildman–Crippen LogP) is -0.542. The molecule has 0 aliphatic heterocycles. The highest BCUT2D eigenvalue weighted by molar-refractivity contribution is 7.89. The third kappa shape index (κ3) is 2.73. The van der Waals surface area contributed by atoms with Gasteiger partial charge in [-0.3, -0.25) is 0 Å². The number of hydrogen-bond donors (Lipinski definition) is 2. The molecule has 1 amide bonds. The van der Waals surface area contributed by atoms with E-state index in [-0.39, 0.29) is 6.54 Å². The molecule has 78 valence electrons. The zero-order valence-corrected chi connectivity index (χ0v) is 8.15. The van der Waals surface area contributed by atoms with Crippen molar-refractivity contribution in [3.63, 3.8) is 0 Å². The van der Waals surface area contributed by atoms with Crippen molar-refractivity contribution in [2.45, 2.75) is 6.54 Å². The topological polar surface area (TPSA) is 101 Å². The summed E-state index contributed by atoms with van der Waals surface area (Å²) in [6.07, 6.45) is 2.38. The van der Waals surface area contributed by atoms with E-state index in [1.165, 1.54) is 12.4 Å². The van der Waals surface area contributed by atoms with Crippen LogP contribution in [0, 0.1) is 0 Å². The van der Waals surface area contributed by atoms with Gasteiger partial charge in [0.2, 0.25) is 0 Å². The monoisotopic (exact) mass is 219 g/mol. The molecule has 0 aromatic carbocycles. The van der Waals surface area contributed by atoms with Crippen molar-refractivity contribution >= 4 is 16.1 Å². The van der Waals surface area contributed by atoms with E-state index in [9.17, 15) is 13.2 Å². The van der Waals surface area contributed by atoms with Crippen molar-refractivity contribution in [2.75, 3.05) is 6.26 Å². The average molecular weight is 219 g/mol. The van der Waals surface area contributed by atoms with E-state index >= 15 is 0 Å². The number of carbonyl (C=O) groups is 1. The Morgan fingerprint density at radius 2 is 2.36 bits per heavy atom. The fraction of sp³-hybridized carbons (Fsp3) is 0.333. The maximum Gasteiger partial charge on any atom is 0.404 e. The number of carboxylic acid groups (broad SMARTS) is 1. The molecule has 1 aromatic heterocycles. The lowest BCUT2D eigenvalue weighted by molar-refractivity contribution is 0.194. The van der Waals surface area contributed by atoms with Crippen LogP contribution in [0.25, 0.3) is 0 Å². The number of nitrogens with one attached hydrogen (secondary N) is 1. The van der Waals surface area contributed by atoms with Gasteiger partial charge in [-0.2, -0.15) is 9.19 Å². The predicted molar refractivity (Wildman–Crippen MR) is 47.3 cm³/mol. The number of hydrogen-bond acceptors (Lipinski definition) is 4. The van der Waals surface area contributed by atoms with Crippen molar-refractivity contribution in [3.05, 3.63) is 18.0 Å². The zero-order valence-electron chi connectivity index (χ0n) is 7.34. The molecule has 0 saturated heterocycles. The lowest BCUT2D eigenvalue weighted by Crippen LogP contribution is -2.19. The fourth-order valence-corrected chi connectivity index (χ4v) is 1.34. The number of amides is 1. The van der Waals surface area contributed by atoms with E-state index in [1.54, 1.807) is 0 Å². The molecule has 0 bridgehead atoms. The van der Waals surface area contributed by atoms with Crippen LogP contribution in [0.1, 0.15) is 5.56 Å². The highest BCUT2D eigenvalue weighted by Gasteiger charge is 2.07. The maximum atomic E-state index is 10.9. The lowest BCUT2D eigenvalue weighted by Gasteiger charge is -1.96. The Labute approximate surface area is 80.4 Å². The first-order chi connectivity index (χ1) is 6.39. The maximum absolute atomic E-state index is 10.9. The van der Waals surface area contributed by atoms with Gasteiger partial charge in [-0.25, -0.2) is 13.2 Å². The first kappa shape index (κ1) is 10.5. The summed E-state index contributed by atoms with van der Waals surface area (Å²) in [4.78, 5) is 10.1. The van der Waals surface area contributed by atoms with Gasteiger partial charge in [0, 0.05) is 18.3 Å². The Bertz CT molecular complexity index is 436. The summed E-state index contributed by atoms with van der Waals surface area (Å²) in [6.45, 7) is 0.0326. The molecule has 0 fully saturated rings. The number of aromatic nitrogens is 2. The van der Waals surface area contributed by atoms with E-state index in [2.05, 4.69) is 10.4 Å². The standard InChI is InChI=1S/C6H9N3O4S/c1-14(12,13)9-4-5(3-8-9)2-7-6(10)11/h3-4,7H,2H2,1H3,(H,10,11). The highest BCUT2D eigenvalue weighted by Crippen LogP contribution is 1.99. The van der Waals surface area contributed by atoms with E-state index in [0.29, 0.717) is 5.56 Å². The van der Waals surface area contributed by atoms with Crippen molar-refractivity contribution in [2.24, 2.45) is 0 Å². The Morgan fingerprint density at radius 3 is 2.79 bits per heavy atom. The van der Waals surface area contributed by atoms with Crippen LogP contribution in [-0.2, 0) is 16.6 Å². The van der Waals surface area contributed by atoms with Crippen LogP contribution in [0.4, 0.5) is 4.79 Å². The minimum atomic E-state index is -3.39. The summed E-state index contributed by atoms with van der Waals surface area (Å²) in [5.41, 5.74) is 0.484. The van der Waals surface area contributed by atoms with Gasteiger partial charge >= 0.3 is 6.09 Å². The van der Waals surface area contributed by atoms with E-state index in [1.807, 2.05) is 0 Å². The molecule has 1 rings (SSSR count). The fourth-order valence-electron chi connectivity index (χ4n) is 0.790. The van der Waals surface area contributed by atoms with Gasteiger partial charge in [0.25, 0.3) is 10.0 Å².